The molecular weight excluding hydrogens is 384 g/mol. The Hall–Kier alpha value is -2.28. The number of methoxy groups -OCH3 is 1. The lowest BCUT2D eigenvalue weighted by Crippen LogP contribution is -2.42. The van der Waals surface area contributed by atoms with Crippen LogP contribution < -0.4 is 4.74 Å². The lowest BCUT2D eigenvalue weighted by molar-refractivity contribution is -0.138. The van der Waals surface area contributed by atoms with Gasteiger partial charge in [0.05, 0.1) is 12.4 Å². The Morgan fingerprint density at radius 2 is 1.76 bits per heavy atom. The fraction of sp³-hybridized carbons (Fsp3) is 0.348. The van der Waals surface area contributed by atoms with Crippen molar-refractivity contribution in [3.63, 3.8) is 0 Å². The van der Waals surface area contributed by atoms with Crippen LogP contribution in [0.1, 0.15) is 23.3 Å². The highest BCUT2D eigenvalue weighted by Crippen LogP contribution is 2.47. The van der Waals surface area contributed by atoms with Crippen LogP contribution in [-0.2, 0) is 4.79 Å². The third kappa shape index (κ3) is 4.83. The van der Waals surface area contributed by atoms with E-state index in [1.807, 2.05) is 80.5 Å². The van der Waals surface area contributed by atoms with Crippen LogP contribution in [0.15, 0.2) is 60.3 Å². The summed E-state index contributed by atoms with van der Waals surface area (Å²) in [6.45, 7) is 3.21. The number of benzene rings is 2. The molecule has 0 saturated heterocycles. The summed E-state index contributed by atoms with van der Waals surface area (Å²) in [5.41, 5.74) is 2.82. The van der Waals surface area contributed by atoms with Crippen LogP contribution in [0, 0.1) is 0 Å². The van der Waals surface area contributed by atoms with Crippen molar-refractivity contribution >= 4 is 22.6 Å². The molecule has 0 aliphatic carbocycles. The van der Waals surface area contributed by atoms with E-state index in [0.717, 1.165) is 34.0 Å². The number of aliphatic hydroxyl groups excluding tert-OH is 1. The van der Waals surface area contributed by atoms with Gasteiger partial charge in [-0.2, -0.15) is 0 Å². The zero-order valence-corrected chi connectivity index (χ0v) is 18.1. The molecule has 0 fully saturated rings. The first-order valence-electron chi connectivity index (χ1n) is 9.63. The number of rotatable bonds is 6. The predicted molar refractivity (Wildman–Crippen MR) is 119 cm³/mol. The maximum absolute atomic E-state index is 13.2. The molecule has 1 heterocycles. The Bertz CT molecular complexity index is 865. The summed E-state index contributed by atoms with van der Waals surface area (Å²) in [5.74, 6) is 0.486. The fourth-order valence-corrected chi connectivity index (χ4v) is 4.69. The molecule has 0 spiro atoms. The number of likely N-dealkylation sites (N-methyl/N-ethyl adjacent to an activating group) is 1. The molecule has 2 aromatic carbocycles. The van der Waals surface area contributed by atoms with Crippen molar-refractivity contribution in [1.29, 1.82) is 0 Å². The van der Waals surface area contributed by atoms with E-state index in [0.29, 0.717) is 6.54 Å². The second-order valence-corrected chi connectivity index (χ2v) is 8.48. The molecule has 0 unspecified atom stereocenters. The molecule has 2 atom stereocenters. The Kier molecular flexibility index (Phi) is 7.00. The van der Waals surface area contributed by atoms with Crippen LogP contribution in [-0.4, -0.2) is 61.2 Å². The molecule has 1 N–H and O–H groups in total. The monoisotopic (exact) mass is 412 g/mol. The van der Waals surface area contributed by atoms with Crippen molar-refractivity contribution in [3.05, 3.63) is 71.4 Å². The number of thioether (sulfide) groups is 1. The van der Waals surface area contributed by atoms with Gasteiger partial charge in [-0.3, -0.25) is 4.79 Å². The Morgan fingerprint density at radius 3 is 2.34 bits per heavy atom. The van der Waals surface area contributed by atoms with Crippen LogP contribution in [0.5, 0.6) is 5.75 Å². The van der Waals surface area contributed by atoms with E-state index in [4.69, 9.17) is 4.74 Å². The molecule has 1 aliphatic rings. The van der Waals surface area contributed by atoms with Crippen molar-refractivity contribution in [2.24, 2.45) is 0 Å². The summed E-state index contributed by atoms with van der Waals surface area (Å²) >= 11 is 1.54. The molecule has 6 heteroatoms. The van der Waals surface area contributed by atoms with Gasteiger partial charge >= 0.3 is 0 Å². The molecule has 2 aromatic rings. The average molecular weight is 413 g/mol. The van der Waals surface area contributed by atoms with Crippen LogP contribution in [0.2, 0.25) is 0 Å². The van der Waals surface area contributed by atoms with Gasteiger partial charge < -0.3 is 19.6 Å². The van der Waals surface area contributed by atoms with E-state index in [2.05, 4.69) is 0 Å². The van der Waals surface area contributed by atoms with E-state index in [1.54, 1.807) is 23.8 Å². The molecule has 1 aliphatic heterocycles. The Labute approximate surface area is 177 Å². The molecule has 29 heavy (non-hydrogen) atoms. The summed E-state index contributed by atoms with van der Waals surface area (Å²) in [4.78, 5) is 18.0. The van der Waals surface area contributed by atoms with E-state index < -0.39 is 11.4 Å². The van der Waals surface area contributed by atoms with Crippen LogP contribution >= 0.6 is 11.8 Å². The van der Waals surface area contributed by atoms with Gasteiger partial charge in [-0.1, -0.05) is 42.5 Å². The molecule has 0 aromatic heterocycles. The van der Waals surface area contributed by atoms with E-state index in [1.165, 1.54) is 0 Å². The Morgan fingerprint density at radius 1 is 1.10 bits per heavy atom. The molecule has 1 amide bonds. The van der Waals surface area contributed by atoms with Gasteiger partial charge in [0.1, 0.15) is 11.9 Å². The highest BCUT2D eigenvalue weighted by atomic mass is 32.2. The summed E-state index contributed by atoms with van der Waals surface area (Å²) in [6.07, 6.45) is -1.13. The molecular formula is C23H28N2O3S. The van der Waals surface area contributed by atoms with Gasteiger partial charge in [0, 0.05) is 23.7 Å². The van der Waals surface area contributed by atoms with Crippen molar-refractivity contribution in [2.75, 3.05) is 34.3 Å². The quantitative estimate of drug-likeness (QED) is 0.785. The minimum absolute atomic E-state index is 0.261. The molecule has 0 radical (unpaired) electrons. The van der Waals surface area contributed by atoms with Gasteiger partial charge in [-0.25, -0.2) is 0 Å². The first-order chi connectivity index (χ1) is 13.9. The summed E-state index contributed by atoms with van der Waals surface area (Å²) in [7, 11) is 5.57. The smallest absolute Gasteiger partial charge is 0.257 e. The van der Waals surface area contributed by atoms with Crippen molar-refractivity contribution in [3.8, 4) is 5.75 Å². The van der Waals surface area contributed by atoms with Gasteiger partial charge in [-0.15, -0.1) is 11.8 Å². The normalized spacial score (nSPS) is 20.2. The highest BCUT2D eigenvalue weighted by molar-refractivity contribution is 8.08. The average Bonchev–Trinajstić information content (AvgIpc) is 2.82. The van der Waals surface area contributed by atoms with Crippen LogP contribution in [0.4, 0.5) is 0 Å². The SMILES string of the molecule is COc1ccc([C@@H]2SC(c3ccccc3)=C(C)N(CCN(C)C)C(=O)[C@@H]2O)cc1. The van der Waals surface area contributed by atoms with Crippen molar-refractivity contribution < 1.29 is 14.6 Å². The number of nitrogens with zero attached hydrogens (tertiary/aromatic N) is 2. The minimum atomic E-state index is -1.13. The number of ether oxygens (including phenoxy) is 1. The van der Waals surface area contributed by atoms with Gasteiger partial charge in [-0.05, 0) is 44.3 Å². The number of hydrogen-bond acceptors (Lipinski definition) is 5. The maximum atomic E-state index is 13.2. The van der Waals surface area contributed by atoms with E-state index >= 15 is 0 Å². The van der Waals surface area contributed by atoms with Crippen LogP contribution in [0.3, 0.4) is 0 Å². The highest BCUT2D eigenvalue weighted by Gasteiger charge is 2.37. The lowest BCUT2D eigenvalue weighted by atomic mass is 10.1. The van der Waals surface area contributed by atoms with Gasteiger partial charge in [0.15, 0.2) is 0 Å². The molecule has 0 saturated carbocycles. The number of hydrogen-bond donors (Lipinski definition) is 1. The first-order valence-corrected chi connectivity index (χ1v) is 10.5. The summed E-state index contributed by atoms with van der Waals surface area (Å²) in [6, 6.07) is 17.6. The van der Waals surface area contributed by atoms with E-state index in [9.17, 15) is 9.90 Å². The zero-order valence-electron chi connectivity index (χ0n) is 17.3. The number of aliphatic hydroxyl groups is 1. The molecule has 0 bridgehead atoms. The number of carbonyl (C=O) groups is 1. The summed E-state index contributed by atoms with van der Waals surface area (Å²) in [5, 5.41) is 10.6. The zero-order chi connectivity index (χ0) is 21.0. The predicted octanol–water partition coefficient (Wildman–Crippen LogP) is 3.62. The fourth-order valence-electron chi connectivity index (χ4n) is 3.34. The van der Waals surface area contributed by atoms with Crippen molar-refractivity contribution in [1.82, 2.24) is 9.80 Å². The van der Waals surface area contributed by atoms with E-state index in [-0.39, 0.29) is 5.91 Å². The first kappa shape index (κ1) is 21.4. The topological polar surface area (TPSA) is 53.0 Å². The van der Waals surface area contributed by atoms with Gasteiger partial charge in [0.25, 0.3) is 5.91 Å². The second-order valence-electron chi connectivity index (χ2n) is 7.33. The Balaban J connectivity index is 2.04. The minimum Gasteiger partial charge on any atom is -0.497 e. The van der Waals surface area contributed by atoms with Crippen LogP contribution in [0.25, 0.3) is 4.91 Å². The standard InChI is InChI=1S/C23H28N2O3S/c1-16-21(17-8-6-5-7-9-17)29-22(18-10-12-19(28-4)13-11-18)20(26)23(27)25(16)15-14-24(2)3/h5-13,20,22,26H,14-15H2,1-4H3/t20-,22+/m1/s1. The number of amides is 1. The third-order valence-electron chi connectivity index (χ3n) is 5.04. The third-order valence-corrected chi connectivity index (χ3v) is 6.59. The second kappa shape index (κ2) is 9.48. The van der Waals surface area contributed by atoms with Crippen molar-refractivity contribution in [2.45, 2.75) is 18.3 Å². The maximum Gasteiger partial charge on any atom is 0.257 e. The largest absolute Gasteiger partial charge is 0.497 e. The number of allylic oxidation sites excluding steroid dienone is 1. The number of carbonyl (C=O) groups excluding carboxylic acids is 1. The van der Waals surface area contributed by atoms with Gasteiger partial charge in [0.2, 0.25) is 0 Å². The molecule has 5 nitrogen and oxygen atoms in total. The summed E-state index contributed by atoms with van der Waals surface area (Å²) < 4.78 is 5.25. The molecule has 154 valence electrons. The lowest BCUT2D eigenvalue weighted by Gasteiger charge is -2.27. The molecule has 3 rings (SSSR count).